The van der Waals surface area contributed by atoms with Crippen LogP contribution in [0.15, 0.2) is 0 Å². The molecule has 0 atom stereocenters. The van der Waals surface area contributed by atoms with Gasteiger partial charge in [0.05, 0.1) is 6.10 Å². The molecule has 1 saturated heterocycles. The molecule has 76 valence electrons. The summed E-state index contributed by atoms with van der Waals surface area (Å²) in [5.41, 5.74) is 0. The molecule has 1 aliphatic heterocycles. The predicted octanol–water partition coefficient (Wildman–Crippen LogP) is 1.42. The van der Waals surface area contributed by atoms with Crippen molar-refractivity contribution in [2.24, 2.45) is 0 Å². The number of hydrogen-bond acceptors (Lipinski definition) is 2. The molecule has 0 saturated carbocycles. The number of likely N-dealkylation sites (tertiary alicyclic amines) is 1. The fraction of sp³-hybridized carbons (Fsp3) is 0.900. The molecule has 1 heterocycles. The van der Waals surface area contributed by atoms with Gasteiger partial charge in [0.15, 0.2) is 0 Å². The van der Waals surface area contributed by atoms with E-state index in [1.807, 2.05) is 4.90 Å². The zero-order chi connectivity index (χ0) is 9.68. The molecule has 0 N–H and O–H groups in total. The molecule has 1 aliphatic rings. The highest BCUT2D eigenvalue weighted by Crippen LogP contribution is 2.13. The number of carbonyl (C=O) groups excluding carboxylic acids is 1. The maximum Gasteiger partial charge on any atom is 0.219 e. The van der Waals surface area contributed by atoms with E-state index in [9.17, 15) is 4.79 Å². The molecule has 0 aromatic heterocycles. The van der Waals surface area contributed by atoms with E-state index in [0.29, 0.717) is 6.10 Å². The summed E-state index contributed by atoms with van der Waals surface area (Å²) in [4.78, 5) is 12.9. The smallest absolute Gasteiger partial charge is 0.219 e. The topological polar surface area (TPSA) is 29.5 Å². The average Bonchev–Trinajstić information content (AvgIpc) is 2.15. The Morgan fingerprint density at radius 3 is 2.54 bits per heavy atom. The van der Waals surface area contributed by atoms with Gasteiger partial charge in [0.1, 0.15) is 0 Å². The molecular formula is C10H19NO2. The lowest BCUT2D eigenvalue weighted by molar-refractivity contribution is -0.131. The maximum atomic E-state index is 11.0. The zero-order valence-electron chi connectivity index (χ0n) is 8.58. The van der Waals surface area contributed by atoms with E-state index in [1.54, 1.807) is 6.92 Å². The van der Waals surface area contributed by atoms with Crippen LogP contribution in [-0.4, -0.2) is 36.6 Å². The lowest BCUT2D eigenvalue weighted by Gasteiger charge is -2.31. The minimum Gasteiger partial charge on any atom is -0.378 e. The van der Waals surface area contributed by atoms with Gasteiger partial charge in [-0.15, -0.1) is 0 Å². The van der Waals surface area contributed by atoms with Crippen molar-refractivity contribution in [2.75, 3.05) is 19.7 Å². The number of carbonyl (C=O) groups is 1. The molecule has 3 nitrogen and oxygen atoms in total. The molecule has 0 unspecified atom stereocenters. The Morgan fingerprint density at radius 2 is 2.08 bits per heavy atom. The summed E-state index contributed by atoms with van der Waals surface area (Å²) in [6.45, 7) is 6.33. The molecular weight excluding hydrogens is 166 g/mol. The highest BCUT2D eigenvalue weighted by atomic mass is 16.5. The number of piperidine rings is 1. The molecule has 0 radical (unpaired) electrons. The van der Waals surface area contributed by atoms with Crippen LogP contribution in [-0.2, 0) is 9.53 Å². The van der Waals surface area contributed by atoms with Crippen molar-refractivity contribution < 1.29 is 9.53 Å². The molecule has 1 rings (SSSR count). The molecule has 0 aromatic carbocycles. The second kappa shape index (κ2) is 5.22. The molecule has 13 heavy (non-hydrogen) atoms. The van der Waals surface area contributed by atoms with Crippen LogP contribution in [0.1, 0.15) is 33.1 Å². The first-order valence-corrected chi connectivity index (χ1v) is 5.11. The fourth-order valence-electron chi connectivity index (χ4n) is 1.62. The van der Waals surface area contributed by atoms with Crippen LogP contribution in [0, 0.1) is 0 Å². The molecule has 0 aliphatic carbocycles. The summed E-state index contributed by atoms with van der Waals surface area (Å²) in [5.74, 6) is 0.189. The van der Waals surface area contributed by atoms with E-state index < -0.39 is 0 Å². The van der Waals surface area contributed by atoms with Crippen LogP contribution >= 0.6 is 0 Å². The van der Waals surface area contributed by atoms with Crippen LogP contribution in [0.5, 0.6) is 0 Å². The van der Waals surface area contributed by atoms with E-state index in [-0.39, 0.29) is 5.91 Å². The summed E-state index contributed by atoms with van der Waals surface area (Å²) in [6, 6.07) is 0. The molecule has 0 bridgehead atoms. The minimum absolute atomic E-state index is 0.189. The van der Waals surface area contributed by atoms with Gasteiger partial charge in [-0.3, -0.25) is 4.79 Å². The largest absolute Gasteiger partial charge is 0.378 e. The molecule has 1 amide bonds. The van der Waals surface area contributed by atoms with Crippen molar-refractivity contribution in [1.82, 2.24) is 4.90 Å². The number of hydrogen-bond donors (Lipinski definition) is 0. The van der Waals surface area contributed by atoms with Crippen molar-refractivity contribution >= 4 is 5.91 Å². The fourth-order valence-corrected chi connectivity index (χ4v) is 1.62. The lowest BCUT2D eigenvalue weighted by atomic mass is 10.1. The van der Waals surface area contributed by atoms with Gasteiger partial charge < -0.3 is 9.64 Å². The van der Waals surface area contributed by atoms with Crippen molar-refractivity contribution in [1.29, 1.82) is 0 Å². The third-order valence-corrected chi connectivity index (χ3v) is 2.44. The highest BCUT2D eigenvalue weighted by Gasteiger charge is 2.20. The molecule has 1 fully saturated rings. The predicted molar refractivity (Wildman–Crippen MR) is 51.5 cm³/mol. The summed E-state index contributed by atoms with van der Waals surface area (Å²) >= 11 is 0. The summed E-state index contributed by atoms with van der Waals surface area (Å²) in [6.07, 6.45) is 3.46. The Kier molecular flexibility index (Phi) is 4.22. The first kappa shape index (κ1) is 10.5. The van der Waals surface area contributed by atoms with Crippen LogP contribution in [0.4, 0.5) is 0 Å². The van der Waals surface area contributed by atoms with Crippen LogP contribution in [0.2, 0.25) is 0 Å². The van der Waals surface area contributed by atoms with Gasteiger partial charge in [0.2, 0.25) is 5.91 Å². The number of rotatable bonds is 3. The van der Waals surface area contributed by atoms with Crippen LogP contribution in [0.25, 0.3) is 0 Å². The Morgan fingerprint density at radius 1 is 1.46 bits per heavy atom. The molecule has 0 aromatic rings. The van der Waals surface area contributed by atoms with E-state index in [4.69, 9.17) is 4.74 Å². The Balaban J connectivity index is 2.18. The third kappa shape index (κ3) is 3.35. The zero-order valence-corrected chi connectivity index (χ0v) is 8.58. The van der Waals surface area contributed by atoms with E-state index >= 15 is 0 Å². The molecule has 3 heteroatoms. The minimum atomic E-state index is 0.189. The lowest BCUT2D eigenvalue weighted by Crippen LogP contribution is -2.39. The quantitative estimate of drug-likeness (QED) is 0.665. The second-order valence-corrected chi connectivity index (χ2v) is 3.58. The molecule has 0 spiro atoms. The van der Waals surface area contributed by atoms with E-state index in [0.717, 1.165) is 39.0 Å². The summed E-state index contributed by atoms with van der Waals surface area (Å²) in [7, 11) is 0. The van der Waals surface area contributed by atoms with Gasteiger partial charge in [0.25, 0.3) is 0 Å². The Hall–Kier alpha value is -0.570. The SMILES string of the molecule is CCCOC1CCN(C(C)=O)CC1. The van der Waals surface area contributed by atoms with Crippen molar-refractivity contribution in [3.63, 3.8) is 0 Å². The average molecular weight is 185 g/mol. The van der Waals surface area contributed by atoms with Crippen LogP contribution < -0.4 is 0 Å². The number of nitrogens with zero attached hydrogens (tertiary/aromatic N) is 1. The van der Waals surface area contributed by atoms with Gasteiger partial charge in [-0.2, -0.15) is 0 Å². The first-order chi connectivity index (χ1) is 6.24. The van der Waals surface area contributed by atoms with Crippen molar-refractivity contribution in [2.45, 2.75) is 39.2 Å². The van der Waals surface area contributed by atoms with Gasteiger partial charge in [-0.1, -0.05) is 6.92 Å². The van der Waals surface area contributed by atoms with Crippen molar-refractivity contribution in [3.8, 4) is 0 Å². The monoisotopic (exact) mass is 185 g/mol. The van der Waals surface area contributed by atoms with E-state index in [2.05, 4.69) is 6.92 Å². The Bertz CT molecular complexity index is 162. The maximum absolute atomic E-state index is 11.0. The van der Waals surface area contributed by atoms with Gasteiger partial charge in [-0.25, -0.2) is 0 Å². The third-order valence-electron chi connectivity index (χ3n) is 2.44. The van der Waals surface area contributed by atoms with Gasteiger partial charge in [0, 0.05) is 26.6 Å². The van der Waals surface area contributed by atoms with Gasteiger partial charge in [-0.05, 0) is 19.3 Å². The number of ether oxygens (including phenoxy) is 1. The number of amides is 1. The van der Waals surface area contributed by atoms with E-state index in [1.165, 1.54) is 0 Å². The summed E-state index contributed by atoms with van der Waals surface area (Å²) in [5, 5.41) is 0. The van der Waals surface area contributed by atoms with Crippen LogP contribution in [0.3, 0.4) is 0 Å². The van der Waals surface area contributed by atoms with Crippen molar-refractivity contribution in [3.05, 3.63) is 0 Å². The Labute approximate surface area is 80.1 Å². The standard InChI is InChI=1S/C10H19NO2/c1-3-8-13-10-4-6-11(7-5-10)9(2)12/h10H,3-8H2,1-2H3. The highest BCUT2D eigenvalue weighted by molar-refractivity contribution is 5.73. The first-order valence-electron chi connectivity index (χ1n) is 5.11. The van der Waals surface area contributed by atoms with Gasteiger partial charge >= 0.3 is 0 Å². The second-order valence-electron chi connectivity index (χ2n) is 3.58. The normalized spacial score (nSPS) is 19.1. The summed E-state index contributed by atoms with van der Waals surface area (Å²) < 4.78 is 5.62.